The van der Waals surface area contributed by atoms with Crippen molar-refractivity contribution in [1.29, 1.82) is 0 Å². The van der Waals surface area contributed by atoms with E-state index in [4.69, 9.17) is 0 Å². The minimum atomic E-state index is -5.05. The molecule has 1 N–H and O–H groups in total. The van der Waals surface area contributed by atoms with Gasteiger partial charge in [-0.1, -0.05) is 36.4 Å². The molecule has 0 saturated heterocycles. The van der Waals surface area contributed by atoms with Crippen LogP contribution < -0.4 is 5.56 Å². The molecule has 5 nitrogen and oxygen atoms in total. The summed E-state index contributed by atoms with van der Waals surface area (Å²) in [6, 6.07) is 13.9. The number of nitrogens with zero attached hydrogens (tertiary/aromatic N) is 1. The van der Waals surface area contributed by atoms with Crippen molar-refractivity contribution in [2.75, 3.05) is 0 Å². The van der Waals surface area contributed by atoms with Crippen molar-refractivity contribution >= 4 is 9.84 Å². The third-order valence-electron chi connectivity index (χ3n) is 3.47. The predicted octanol–water partition coefficient (Wildman–Crippen LogP) is 3.02. The zero-order valence-electron chi connectivity index (χ0n) is 12.5. The Morgan fingerprint density at radius 1 is 0.880 bits per heavy atom. The first-order valence-corrected chi connectivity index (χ1v) is 8.49. The summed E-state index contributed by atoms with van der Waals surface area (Å²) in [6.07, 6.45) is -5.05. The number of alkyl halides is 3. The van der Waals surface area contributed by atoms with Crippen LogP contribution in [0.1, 0.15) is 5.69 Å². The fourth-order valence-corrected chi connectivity index (χ4v) is 3.84. The highest BCUT2D eigenvalue weighted by Crippen LogP contribution is 2.33. The van der Waals surface area contributed by atoms with Crippen LogP contribution >= 0.6 is 0 Å². The minimum absolute atomic E-state index is 0.0903. The maximum atomic E-state index is 13.4. The molecule has 0 fully saturated rings. The zero-order chi connectivity index (χ0) is 18.2. The lowest BCUT2D eigenvalue weighted by molar-refractivity contribution is -0.143. The van der Waals surface area contributed by atoms with E-state index in [0.29, 0.717) is 4.68 Å². The summed E-state index contributed by atoms with van der Waals surface area (Å²) in [6.45, 7) is 0. The van der Waals surface area contributed by atoms with Gasteiger partial charge >= 0.3 is 6.18 Å². The van der Waals surface area contributed by atoms with Gasteiger partial charge in [-0.05, 0) is 24.3 Å². The number of H-pyrrole nitrogens is 1. The van der Waals surface area contributed by atoms with E-state index in [1.807, 2.05) is 5.10 Å². The van der Waals surface area contributed by atoms with Crippen molar-refractivity contribution < 1.29 is 21.6 Å². The molecule has 0 radical (unpaired) electrons. The fraction of sp³-hybridized carbons (Fsp3) is 0.0625. The number of nitrogens with one attached hydrogen (secondary N) is 1. The normalized spacial score (nSPS) is 12.3. The van der Waals surface area contributed by atoms with Crippen molar-refractivity contribution in [3.05, 3.63) is 76.7 Å². The van der Waals surface area contributed by atoms with Crippen LogP contribution in [-0.4, -0.2) is 18.2 Å². The maximum Gasteiger partial charge on any atom is 0.434 e. The zero-order valence-corrected chi connectivity index (χ0v) is 13.3. The molecule has 1 heterocycles. The summed E-state index contributed by atoms with van der Waals surface area (Å²) >= 11 is 0. The van der Waals surface area contributed by atoms with Crippen LogP contribution in [0, 0.1) is 0 Å². The SMILES string of the molecule is O=c1c(S(=O)(=O)c2ccccc2)c(C(F)(F)F)[nH]n1-c1ccccc1. The Hall–Kier alpha value is -2.81. The Kier molecular flexibility index (Phi) is 4.03. The number of benzene rings is 2. The average Bonchev–Trinajstić information content (AvgIpc) is 2.95. The number of sulfone groups is 1. The number of rotatable bonds is 3. The molecular formula is C16H11F3N2O3S. The number of aromatic nitrogens is 2. The van der Waals surface area contributed by atoms with E-state index >= 15 is 0 Å². The number of aromatic amines is 1. The topological polar surface area (TPSA) is 71.9 Å². The molecule has 130 valence electrons. The van der Waals surface area contributed by atoms with Crippen molar-refractivity contribution in [3.8, 4) is 5.69 Å². The first kappa shape index (κ1) is 17.0. The lowest BCUT2D eigenvalue weighted by Crippen LogP contribution is -2.21. The van der Waals surface area contributed by atoms with Gasteiger partial charge in [0.25, 0.3) is 5.56 Å². The monoisotopic (exact) mass is 368 g/mol. The first-order chi connectivity index (χ1) is 11.7. The Balaban J connectivity index is 2.34. The van der Waals surface area contributed by atoms with E-state index in [-0.39, 0.29) is 5.69 Å². The van der Waals surface area contributed by atoms with E-state index < -0.39 is 37.1 Å². The van der Waals surface area contributed by atoms with Crippen LogP contribution in [0.3, 0.4) is 0 Å². The van der Waals surface area contributed by atoms with E-state index in [9.17, 15) is 26.4 Å². The minimum Gasteiger partial charge on any atom is -0.285 e. The highest BCUT2D eigenvalue weighted by Gasteiger charge is 2.43. The Bertz CT molecular complexity index is 1050. The summed E-state index contributed by atoms with van der Waals surface area (Å²) in [5.41, 5.74) is -2.81. The molecule has 0 unspecified atom stereocenters. The number of halogens is 3. The number of para-hydroxylation sites is 1. The maximum absolute atomic E-state index is 13.4. The van der Waals surface area contributed by atoms with E-state index in [1.54, 1.807) is 6.07 Å². The van der Waals surface area contributed by atoms with Crippen molar-refractivity contribution in [1.82, 2.24) is 9.78 Å². The molecule has 0 aliphatic carbocycles. The summed E-state index contributed by atoms with van der Waals surface area (Å²) < 4.78 is 65.9. The van der Waals surface area contributed by atoms with Gasteiger partial charge in [-0.3, -0.25) is 9.89 Å². The molecule has 0 atom stereocenters. The number of hydrogen-bond donors (Lipinski definition) is 1. The molecule has 0 aliphatic rings. The lowest BCUT2D eigenvalue weighted by Gasteiger charge is -2.07. The predicted molar refractivity (Wildman–Crippen MR) is 83.3 cm³/mol. The van der Waals surface area contributed by atoms with Crippen LogP contribution in [0.4, 0.5) is 13.2 Å². The smallest absolute Gasteiger partial charge is 0.285 e. The summed E-state index contributed by atoms with van der Waals surface area (Å²) in [5.74, 6) is 0. The van der Waals surface area contributed by atoms with Crippen molar-refractivity contribution in [2.24, 2.45) is 0 Å². The molecule has 25 heavy (non-hydrogen) atoms. The quantitative estimate of drug-likeness (QED) is 0.772. The van der Waals surface area contributed by atoms with Gasteiger partial charge in [0.1, 0.15) is 0 Å². The summed E-state index contributed by atoms with van der Waals surface area (Å²) in [4.78, 5) is 10.8. The Morgan fingerprint density at radius 2 is 1.40 bits per heavy atom. The molecule has 0 amide bonds. The van der Waals surface area contributed by atoms with Gasteiger partial charge in [0.15, 0.2) is 10.6 Å². The second-order valence-electron chi connectivity index (χ2n) is 5.11. The van der Waals surface area contributed by atoms with E-state index in [2.05, 4.69) is 0 Å². The largest absolute Gasteiger partial charge is 0.434 e. The highest BCUT2D eigenvalue weighted by atomic mass is 32.2. The molecule has 3 rings (SSSR count). The van der Waals surface area contributed by atoms with Crippen LogP contribution in [0.5, 0.6) is 0 Å². The average molecular weight is 368 g/mol. The van der Waals surface area contributed by atoms with Gasteiger partial charge < -0.3 is 0 Å². The van der Waals surface area contributed by atoms with E-state index in [1.165, 1.54) is 42.5 Å². The molecule has 1 aromatic heterocycles. The molecule has 3 aromatic rings. The van der Waals surface area contributed by atoms with Crippen LogP contribution in [0.25, 0.3) is 5.69 Å². The molecule has 2 aromatic carbocycles. The van der Waals surface area contributed by atoms with Crippen LogP contribution in [-0.2, 0) is 16.0 Å². The standard InChI is InChI=1S/C16H11F3N2O3S/c17-16(18,19)14-13(25(23,24)12-9-5-2-6-10-12)15(22)21(20-14)11-7-3-1-4-8-11/h1-10,20H. The Labute approximate surface area is 140 Å². The molecule has 0 aliphatic heterocycles. The molecule has 0 saturated carbocycles. The van der Waals surface area contributed by atoms with Gasteiger partial charge in [0.05, 0.1) is 10.6 Å². The lowest BCUT2D eigenvalue weighted by atomic mass is 10.3. The van der Waals surface area contributed by atoms with Gasteiger partial charge in [-0.2, -0.15) is 13.2 Å². The molecule has 0 bridgehead atoms. The van der Waals surface area contributed by atoms with Crippen LogP contribution in [0.15, 0.2) is 75.2 Å². The second-order valence-corrected chi connectivity index (χ2v) is 6.99. The molecular weight excluding hydrogens is 357 g/mol. The summed E-state index contributed by atoms with van der Waals surface area (Å²) in [5, 5.41) is 1.88. The molecule has 9 heteroatoms. The third kappa shape index (κ3) is 2.98. The Morgan fingerprint density at radius 3 is 1.92 bits per heavy atom. The first-order valence-electron chi connectivity index (χ1n) is 7.00. The number of hydrogen-bond acceptors (Lipinski definition) is 3. The fourth-order valence-electron chi connectivity index (χ4n) is 2.34. The van der Waals surface area contributed by atoms with Gasteiger partial charge in [0, 0.05) is 0 Å². The highest BCUT2D eigenvalue weighted by molar-refractivity contribution is 7.91. The van der Waals surface area contributed by atoms with Crippen molar-refractivity contribution in [2.45, 2.75) is 16.0 Å². The molecule has 0 spiro atoms. The van der Waals surface area contributed by atoms with Gasteiger partial charge in [-0.15, -0.1) is 0 Å². The van der Waals surface area contributed by atoms with E-state index in [0.717, 1.165) is 12.1 Å². The third-order valence-corrected chi connectivity index (χ3v) is 5.28. The van der Waals surface area contributed by atoms with Gasteiger partial charge in [-0.25, -0.2) is 13.1 Å². The van der Waals surface area contributed by atoms with Gasteiger partial charge in [0.2, 0.25) is 9.84 Å². The van der Waals surface area contributed by atoms with Crippen LogP contribution in [0.2, 0.25) is 0 Å². The van der Waals surface area contributed by atoms with Crippen molar-refractivity contribution in [3.63, 3.8) is 0 Å². The summed E-state index contributed by atoms with van der Waals surface area (Å²) in [7, 11) is -4.66. The second kappa shape index (κ2) is 5.92.